The zero-order chi connectivity index (χ0) is 14.4. The summed E-state index contributed by atoms with van der Waals surface area (Å²) in [5.74, 6) is 3.89. The topological polar surface area (TPSA) is 20.3 Å². The average molecular weight is 289 g/mol. The summed E-state index contributed by atoms with van der Waals surface area (Å²) in [7, 11) is 0. The molecule has 118 valence electrons. The second-order valence-electron chi connectivity index (χ2n) is 8.67. The normalized spacial score (nSPS) is 48.0. The molecule has 6 atom stereocenters. The Morgan fingerprint density at radius 1 is 0.905 bits per heavy atom. The summed E-state index contributed by atoms with van der Waals surface area (Å²) in [6.07, 6.45) is 13.2. The molecule has 5 fully saturated rings. The fraction of sp³-hybridized carbons (Fsp3) is 0.947. The molecule has 2 aliphatic heterocycles. The quantitative estimate of drug-likeness (QED) is 0.726. The van der Waals surface area contributed by atoms with Crippen molar-refractivity contribution in [2.75, 3.05) is 6.54 Å². The molecule has 2 saturated heterocycles. The second kappa shape index (κ2) is 5.68. The fourth-order valence-electron chi connectivity index (χ4n) is 6.18. The molecule has 2 nitrogen and oxygen atoms in total. The van der Waals surface area contributed by atoms with E-state index in [0.717, 1.165) is 36.8 Å². The van der Waals surface area contributed by atoms with E-state index in [9.17, 15) is 4.79 Å². The number of ketones is 1. The lowest BCUT2D eigenvalue weighted by Crippen LogP contribution is -2.55. The predicted octanol–water partition coefficient (Wildman–Crippen LogP) is 4.03. The van der Waals surface area contributed by atoms with E-state index in [1.54, 1.807) is 0 Å². The van der Waals surface area contributed by atoms with Crippen molar-refractivity contribution in [1.29, 1.82) is 0 Å². The molecule has 0 radical (unpaired) electrons. The number of rotatable bonds is 1. The van der Waals surface area contributed by atoms with Gasteiger partial charge in [0.05, 0.1) is 0 Å². The first-order chi connectivity index (χ1) is 10.2. The van der Waals surface area contributed by atoms with E-state index in [-0.39, 0.29) is 0 Å². The Morgan fingerprint density at radius 3 is 2.38 bits per heavy atom. The zero-order valence-electron chi connectivity index (χ0n) is 13.6. The van der Waals surface area contributed by atoms with Crippen molar-refractivity contribution in [3.8, 4) is 0 Å². The summed E-state index contributed by atoms with van der Waals surface area (Å²) < 4.78 is 0. The molecule has 21 heavy (non-hydrogen) atoms. The molecule has 3 aliphatic carbocycles. The lowest BCUT2D eigenvalue weighted by molar-refractivity contribution is -0.131. The maximum Gasteiger partial charge on any atom is 0.138 e. The van der Waals surface area contributed by atoms with Crippen LogP contribution in [0.4, 0.5) is 0 Å². The average Bonchev–Trinajstić information content (AvgIpc) is 2.39. The van der Waals surface area contributed by atoms with Gasteiger partial charge in [-0.1, -0.05) is 19.8 Å². The number of Topliss-reactive ketones (excluding diaryl/α,β-unsaturated/α-hetero) is 1. The van der Waals surface area contributed by atoms with E-state index >= 15 is 0 Å². The van der Waals surface area contributed by atoms with Gasteiger partial charge in [-0.05, 0) is 62.7 Å². The lowest BCUT2D eigenvalue weighted by atomic mass is 9.66. The summed E-state index contributed by atoms with van der Waals surface area (Å²) in [6, 6.07) is 1.40. The van der Waals surface area contributed by atoms with Gasteiger partial charge in [-0.3, -0.25) is 9.69 Å². The highest BCUT2D eigenvalue weighted by Gasteiger charge is 2.42. The second-order valence-corrected chi connectivity index (χ2v) is 8.67. The van der Waals surface area contributed by atoms with E-state index in [2.05, 4.69) is 11.8 Å². The van der Waals surface area contributed by atoms with Gasteiger partial charge in [0, 0.05) is 31.0 Å². The van der Waals surface area contributed by atoms with Crippen LogP contribution in [0.25, 0.3) is 0 Å². The molecule has 4 bridgehead atoms. The van der Waals surface area contributed by atoms with Crippen molar-refractivity contribution in [2.45, 2.75) is 83.2 Å². The summed E-state index contributed by atoms with van der Waals surface area (Å²) in [6.45, 7) is 3.55. The smallest absolute Gasteiger partial charge is 0.138 e. The van der Waals surface area contributed by atoms with Gasteiger partial charge in [-0.25, -0.2) is 0 Å². The number of carbonyl (C=O) groups excluding carboxylic acids is 1. The first kappa shape index (κ1) is 14.2. The minimum atomic E-state index is 0.377. The van der Waals surface area contributed by atoms with Crippen molar-refractivity contribution in [3.63, 3.8) is 0 Å². The summed E-state index contributed by atoms with van der Waals surface area (Å²) in [5.41, 5.74) is 0. The van der Waals surface area contributed by atoms with Gasteiger partial charge in [0.2, 0.25) is 0 Å². The number of hydrogen-bond acceptors (Lipinski definition) is 2. The third kappa shape index (κ3) is 2.81. The molecule has 5 aliphatic rings. The highest BCUT2D eigenvalue weighted by atomic mass is 16.1. The third-order valence-electron chi connectivity index (χ3n) is 6.95. The molecule has 2 heterocycles. The number of carbonyl (C=O) groups is 1. The number of hydrogen-bond donors (Lipinski definition) is 0. The number of nitrogens with zero attached hydrogens (tertiary/aromatic N) is 1. The van der Waals surface area contributed by atoms with Crippen molar-refractivity contribution < 1.29 is 4.79 Å². The number of piperidine rings is 1. The van der Waals surface area contributed by atoms with Crippen molar-refractivity contribution >= 4 is 5.78 Å². The fourth-order valence-corrected chi connectivity index (χ4v) is 6.18. The Labute approximate surface area is 129 Å². The van der Waals surface area contributed by atoms with Gasteiger partial charge < -0.3 is 0 Å². The lowest BCUT2D eigenvalue weighted by Gasteiger charge is -2.50. The van der Waals surface area contributed by atoms with E-state index in [1.165, 1.54) is 57.8 Å². The molecule has 4 unspecified atom stereocenters. The Balaban J connectivity index is 1.49. The van der Waals surface area contributed by atoms with Crippen LogP contribution in [0.15, 0.2) is 0 Å². The van der Waals surface area contributed by atoms with Crippen LogP contribution in [0.1, 0.15) is 71.1 Å². The minimum Gasteiger partial charge on any atom is -0.299 e. The highest BCUT2D eigenvalue weighted by Crippen LogP contribution is 2.45. The summed E-state index contributed by atoms with van der Waals surface area (Å²) in [5, 5.41) is 0. The van der Waals surface area contributed by atoms with Crippen LogP contribution in [-0.4, -0.2) is 29.3 Å². The standard InChI is InChI=1S/C19H31NO/c1-13-6-14-8-15(7-13)10-18(9-14)20-12-16-4-2-3-5-17(20)11-19(16)21/h13-18H,2-12H2,1H3/t13?,14-,15+,16?,17?,18?. The molecular weight excluding hydrogens is 258 g/mol. The molecule has 0 N–H and O–H groups in total. The molecular formula is C19H31NO. The van der Waals surface area contributed by atoms with Gasteiger partial charge in [-0.2, -0.15) is 0 Å². The van der Waals surface area contributed by atoms with Gasteiger partial charge in [-0.15, -0.1) is 0 Å². The third-order valence-corrected chi connectivity index (χ3v) is 6.95. The molecule has 0 spiro atoms. The maximum absolute atomic E-state index is 12.3. The molecule has 5 rings (SSSR count). The van der Waals surface area contributed by atoms with Crippen LogP contribution in [0.2, 0.25) is 0 Å². The van der Waals surface area contributed by atoms with Crippen LogP contribution in [0.3, 0.4) is 0 Å². The van der Waals surface area contributed by atoms with E-state index in [1.807, 2.05) is 0 Å². The molecule has 0 aromatic carbocycles. The van der Waals surface area contributed by atoms with Crippen LogP contribution in [-0.2, 0) is 4.79 Å². The Hall–Kier alpha value is -0.370. The van der Waals surface area contributed by atoms with E-state index in [4.69, 9.17) is 0 Å². The predicted molar refractivity (Wildman–Crippen MR) is 85.1 cm³/mol. The van der Waals surface area contributed by atoms with Crippen molar-refractivity contribution in [3.05, 3.63) is 0 Å². The van der Waals surface area contributed by atoms with Gasteiger partial charge in [0.1, 0.15) is 5.78 Å². The van der Waals surface area contributed by atoms with Crippen LogP contribution in [0.5, 0.6) is 0 Å². The number of fused-ring (bicyclic) bond motifs is 7. The van der Waals surface area contributed by atoms with Crippen molar-refractivity contribution in [1.82, 2.24) is 4.90 Å². The molecule has 0 aromatic rings. The maximum atomic E-state index is 12.3. The summed E-state index contributed by atoms with van der Waals surface area (Å²) in [4.78, 5) is 15.1. The molecule has 0 aromatic heterocycles. The van der Waals surface area contributed by atoms with Crippen LogP contribution >= 0.6 is 0 Å². The molecule has 3 saturated carbocycles. The first-order valence-electron chi connectivity index (χ1n) is 9.47. The van der Waals surface area contributed by atoms with Gasteiger partial charge >= 0.3 is 0 Å². The molecule has 0 amide bonds. The Kier molecular flexibility index (Phi) is 3.85. The van der Waals surface area contributed by atoms with Crippen molar-refractivity contribution in [2.24, 2.45) is 23.7 Å². The minimum absolute atomic E-state index is 0.377. The SMILES string of the molecule is CC1C[C@@H]2CC(N3CC4CCCCC3CC4=O)C[C@H](C1)C2. The Morgan fingerprint density at radius 2 is 1.62 bits per heavy atom. The monoisotopic (exact) mass is 289 g/mol. The van der Waals surface area contributed by atoms with Crippen LogP contribution in [0, 0.1) is 23.7 Å². The van der Waals surface area contributed by atoms with E-state index in [0.29, 0.717) is 17.7 Å². The van der Waals surface area contributed by atoms with Crippen LogP contribution < -0.4 is 0 Å². The van der Waals surface area contributed by atoms with Gasteiger partial charge in [0.25, 0.3) is 0 Å². The van der Waals surface area contributed by atoms with Gasteiger partial charge in [0.15, 0.2) is 0 Å². The Bertz CT molecular complexity index is 388. The van der Waals surface area contributed by atoms with E-state index < -0.39 is 0 Å². The molecule has 2 heteroatoms. The zero-order valence-corrected chi connectivity index (χ0v) is 13.6. The largest absolute Gasteiger partial charge is 0.299 e. The summed E-state index contributed by atoms with van der Waals surface area (Å²) >= 11 is 0. The first-order valence-corrected chi connectivity index (χ1v) is 9.47. The highest BCUT2D eigenvalue weighted by molar-refractivity contribution is 5.82.